The summed E-state index contributed by atoms with van der Waals surface area (Å²) >= 11 is 1.02. The molecule has 1 aromatic carbocycles. The zero-order valence-electron chi connectivity index (χ0n) is 13.5. The summed E-state index contributed by atoms with van der Waals surface area (Å²) in [5, 5.41) is 0.0250. The molecule has 1 N–H and O–H groups in total. The SMILES string of the molecule is COC(=O)Cc1nc(NS(=O)(=O)c2ccc(OC(F)(F)F)cc2)sc1C. The van der Waals surface area contributed by atoms with E-state index in [1.54, 1.807) is 6.92 Å². The number of sulfonamides is 1. The van der Waals surface area contributed by atoms with Crippen molar-refractivity contribution in [1.82, 2.24) is 4.98 Å². The average Bonchev–Trinajstić information content (AvgIpc) is 2.84. The molecule has 1 heterocycles. The van der Waals surface area contributed by atoms with Crippen molar-refractivity contribution >= 4 is 32.5 Å². The standard InChI is InChI=1S/C14H13F3N2O5S2/c1-8-11(7-12(20)23-2)18-13(25-8)19-26(21,22)10-5-3-9(4-6-10)24-14(15,16)17/h3-6H,7H2,1-2H3,(H,18,19). The lowest BCUT2D eigenvalue weighted by Gasteiger charge is -2.09. The van der Waals surface area contributed by atoms with Crippen molar-refractivity contribution in [3.05, 3.63) is 34.8 Å². The molecule has 0 bridgehead atoms. The molecule has 0 saturated carbocycles. The number of methoxy groups -OCH3 is 1. The number of alkyl halides is 3. The number of halogens is 3. The highest BCUT2D eigenvalue weighted by molar-refractivity contribution is 7.93. The largest absolute Gasteiger partial charge is 0.573 e. The highest BCUT2D eigenvalue weighted by Gasteiger charge is 2.31. The van der Waals surface area contributed by atoms with Gasteiger partial charge in [-0.05, 0) is 31.2 Å². The Morgan fingerprint density at radius 1 is 1.27 bits per heavy atom. The van der Waals surface area contributed by atoms with Crippen molar-refractivity contribution in [2.45, 2.75) is 24.6 Å². The molecule has 7 nitrogen and oxygen atoms in total. The van der Waals surface area contributed by atoms with Gasteiger partial charge in [0.2, 0.25) is 0 Å². The van der Waals surface area contributed by atoms with Gasteiger partial charge in [-0.15, -0.1) is 24.5 Å². The van der Waals surface area contributed by atoms with Crippen LogP contribution in [-0.4, -0.2) is 32.8 Å². The summed E-state index contributed by atoms with van der Waals surface area (Å²) in [6.45, 7) is 1.66. The molecule has 0 spiro atoms. The van der Waals surface area contributed by atoms with Crippen molar-refractivity contribution in [3.63, 3.8) is 0 Å². The highest BCUT2D eigenvalue weighted by Crippen LogP contribution is 2.27. The van der Waals surface area contributed by atoms with Gasteiger partial charge in [-0.1, -0.05) is 0 Å². The third-order valence-electron chi connectivity index (χ3n) is 3.02. The van der Waals surface area contributed by atoms with E-state index in [-0.39, 0.29) is 16.4 Å². The summed E-state index contributed by atoms with van der Waals surface area (Å²) in [5.74, 6) is -1.06. The maximum atomic E-state index is 12.3. The predicted molar refractivity (Wildman–Crippen MR) is 86.5 cm³/mol. The lowest BCUT2D eigenvalue weighted by molar-refractivity contribution is -0.274. The van der Waals surface area contributed by atoms with E-state index >= 15 is 0 Å². The molecule has 1 aromatic heterocycles. The van der Waals surface area contributed by atoms with E-state index in [1.807, 2.05) is 0 Å². The van der Waals surface area contributed by atoms with E-state index in [1.165, 1.54) is 7.11 Å². The minimum absolute atomic E-state index is 0.0250. The maximum absolute atomic E-state index is 12.3. The van der Waals surface area contributed by atoms with Crippen LogP contribution >= 0.6 is 11.3 Å². The second-order valence-corrected chi connectivity index (χ2v) is 7.79. The zero-order valence-corrected chi connectivity index (χ0v) is 15.1. The summed E-state index contributed by atoms with van der Waals surface area (Å²) in [5.41, 5.74) is 0.369. The fraction of sp³-hybridized carbons (Fsp3) is 0.286. The highest BCUT2D eigenvalue weighted by atomic mass is 32.2. The van der Waals surface area contributed by atoms with Crippen LogP contribution in [0.25, 0.3) is 0 Å². The van der Waals surface area contributed by atoms with Gasteiger partial charge in [0.1, 0.15) is 5.75 Å². The predicted octanol–water partition coefficient (Wildman–Crippen LogP) is 2.87. The molecule has 0 radical (unpaired) electrons. The molecule has 0 aliphatic heterocycles. The fourth-order valence-corrected chi connectivity index (χ4v) is 3.90. The Bertz CT molecular complexity index is 892. The Balaban J connectivity index is 2.16. The van der Waals surface area contributed by atoms with E-state index < -0.39 is 28.1 Å². The van der Waals surface area contributed by atoms with Crippen molar-refractivity contribution in [1.29, 1.82) is 0 Å². The minimum atomic E-state index is -4.87. The van der Waals surface area contributed by atoms with Crippen molar-refractivity contribution in [3.8, 4) is 5.75 Å². The molecule has 0 fully saturated rings. The Morgan fingerprint density at radius 2 is 1.88 bits per heavy atom. The number of thiazole rings is 1. The fourth-order valence-electron chi connectivity index (χ4n) is 1.84. The maximum Gasteiger partial charge on any atom is 0.573 e. The Hall–Kier alpha value is -2.34. The number of ether oxygens (including phenoxy) is 2. The first kappa shape index (κ1) is 20.0. The van der Waals surface area contributed by atoms with Crippen LogP contribution in [0.2, 0.25) is 0 Å². The van der Waals surface area contributed by atoms with Gasteiger partial charge in [-0.3, -0.25) is 9.52 Å². The summed E-state index contributed by atoms with van der Waals surface area (Å²) in [6, 6.07) is 3.72. The van der Waals surface area contributed by atoms with Crippen LogP contribution in [0.4, 0.5) is 18.3 Å². The second kappa shape index (κ2) is 7.50. The number of nitrogens with one attached hydrogen (secondary N) is 1. The van der Waals surface area contributed by atoms with Gasteiger partial charge >= 0.3 is 12.3 Å². The summed E-state index contributed by atoms with van der Waals surface area (Å²) in [7, 11) is -2.84. The summed E-state index contributed by atoms with van der Waals surface area (Å²) in [6.07, 6.45) is -4.98. The van der Waals surface area contributed by atoms with E-state index in [2.05, 4.69) is 19.2 Å². The second-order valence-electron chi connectivity index (χ2n) is 4.90. The van der Waals surface area contributed by atoms with Gasteiger partial charge in [-0.2, -0.15) is 0 Å². The number of carbonyl (C=O) groups is 1. The number of aryl methyl sites for hydroxylation is 1. The van der Waals surface area contributed by atoms with Crippen LogP contribution in [0.5, 0.6) is 5.75 Å². The van der Waals surface area contributed by atoms with Crippen molar-refractivity contribution in [2.24, 2.45) is 0 Å². The van der Waals surface area contributed by atoms with E-state index in [9.17, 15) is 26.4 Å². The number of aromatic nitrogens is 1. The van der Waals surface area contributed by atoms with Crippen LogP contribution in [0, 0.1) is 6.92 Å². The van der Waals surface area contributed by atoms with E-state index in [0.717, 1.165) is 35.6 Å². The number of benzene rings is 1. The van der Waals surface area contributed by atoms with Crippen LogP contribution in [0.15, 0.2) is 29.2 Å². The summed E-state index contributed by atoms with van der Waals surface area (Å²) in [4.78, 5) is 15.7. The molecule has 0 atom stereocenters. The Morgan fingerprint density at radius 3 is 2.42 bits per heavy atom. The first-order valence-electron chi connectivity index (χ1n) is 6.92. The van der Waals surface area contributed by atoms with Gasteiger partial charge in [0.05, 0.1) is 24.1 Å². The molecule has 0 unspecified atom stereocenters. The van der Waals surface area contributed by atoms with E-state index in [0.29, 0.717) is 10.6 Å². The lowest BCUT2D eigenvalue weighted by Crippen LogP contribution is -2.17. The van der Waals surface area contributed by atoms with Gasteiger partial charge in [0.25, 0.3) is 10.0 Å². The molecule has 0 amide bonds. The summed E-state index contributed by atoms with van der Waals surface area (Å²) < 4.78 is 71.4. The van der Waals surface area contributed by atoms with Crippen LogP contribution in [0.1, 0.15) is 10.6 Å². The molecule has 0 saturated heterocycles. The minimum Gasteiger partial charge on any atom is -0.469 e. The number of esters is 1. The Kier molecular flexibility index (Phi) is 5.76. The number of anilines is 1. The topological polar surface area (TPSA) is 94.6 Å². The number of hydrogen-bond acceptors (Lipinski definition) is 7. The molecule has 2 aromatic rings. The van der Waals surface area contributed by atoms with Crippen molar-refractivity contribution in [2.75, 3.05) is 11.8 Å². The van der Waals surface area contributed by atoms with Crippen molar-refractivity contribution < 1.29 is 35.9 Å². The number of carbonyl (C=O) groups excluding carboxylic acids is 1. The molecular weight excluding hydrogens is 397 g/mol. The number of rotatable bonds is 6. The van der Waals surface area contributed by atoms with Crippen LogP contribution in [-0.2, 0) is 26.0 Å². The third kappa shape index (κ3) is 5.33. The van der Waals surface area contributed by atoms with Crippen LogP contribution in [0.3, 0.4) is 0 Å². The molecule has 12 heteroatoms. The molecule has 0 aliphatic carbocycles. The quantitative estimate of drug-likeness (QED) is 0.736. The van der Waals surface area contributed by atoms with Gasteiger partial charge in [0, 0.05) is 4.88 Å². The molecule has 2 rings (SSSR count). The molecular formula is C14H13F3N2O5S2. The molecule has 142 valence electrons. The zero-order chi connectivity index (χ0) is 19.5. The number of nitrogens with zero attached hydrogens (tertiary/aromatic N) is 1. The third-order valence-corrected chi connectivity index (χ3v) is 5.43. The Labute approximate surface area is 150 Å². The smallest absolute Gasteiger partial charge is 0.469 e. The first-order valence-corrected chi connectivity index (χ1v) is 9.22. The van der Waals surface area contributed by atoms with Gasteiger partial charge < -0.3 is 9.47 Å². The van der Waals surface area contributed by atoms with Gasteiger partial charge in [0.15, 0.2) is 5.13 Å². The van der Waals surface area contributed by atoms with E-state index in [4.69, 9.17) is 0 Å². The normalized spacial score (nSPS) is 11.9. The number of hydrogen-bond donors (Lipinski definition) is 1. The lowest BCUT2D eigenvalue weighted by atomic mass is 10.3. The van der Waals surface area contributed by atoms with Crippen LogP contribution < -0.4 is 9.46 Å². The first-order chi connectivity index (χ1) is 12.0. The molecule has 0 aliphatic rings. The average molecular weight is 410 g/mol. The van der Waals surface area contributed by atoms with Gasteiger partial charge in [-0.25, -0.2) is 13.4 Å². The molecule has 26 heavy (non-hydrogen) atoms. The monoisotopic (exact) mass is 410 g/mol.